The van der Waals surface area contributed by atoms with E-state index in [4.69, 9.17) is 4.74 Å². The van der Waals surface area contributed by atoms with Crippen LogP contribution in [-0.2, 0) is 10.9 Å². The lowest BCUT2D eigenvalue weighted by molar-refractivity contribution is -0.137. The predicted octanol–water partition coefficient (Wildman–Crippen LogP) is 7.68. The van der Waals surface area contributed by atoms with Crippen molar-refractivity contribution in [2.75, 3.05) is 31.2 Å². The van der Waals surface area contributed by atoms with Gasteiger partial charge in [-0.05, 0) is 79.2 Å². The van der Waals surface area contributed by atoms with Gasteiger partial charge in [0.2, 0.25) is 0 Å². The number of rotatable bonds is 5. The fraction of sp³-hybridized carbons (Fsp3) is 0.250. The molecule has 3 aromatic carbocycles. The zero-order chi connectivity index (χ0) is 23.3. The maximum atomic E-state index is 12.6. The number of morpholine rings is 1. The predicted molar refractivity (Wildman–Crippen MR) is 120 cm³/mol. The van der Waals surface area contributed by atoms with E-state index in [9.17, 15) is 13.2 Å². The van der Waals surface area contributed by atoms with E-state index >= 15 is 0 Å². The van der Waals surface area contributed by atoms with Crippen LogP contribution in [0.25, 0.3) is 0 Å². The molecular formula is C24H22F3N5O. The third-order valence-corrected chi connectivity index (χ3v) is 5.16. The Hall–Kier alpha value is -3.59. The maximum absolute atomic E-state index is 12.6. The third-order valence-electron chi connectivity index (χ3n) is 5.16. The van der Waals surface area contributed by atoms with Crippen molar-refractivity contribution in [2.45, 2.75) is 13.1 Å². The van der Waals surface area contributed by atoms with Crippen LogP contribution in [0.1, 0.15) is 11.1 Å². The Morgan fingerprint density at radius 2 is 1.27 bits per heavy atom. The van der Waals surface area contributed by atoms with E-state index in [2.05, 4.69) is 25.4 Å². The second kappa shape index (κ2) is 9.91. The highest BCUT2D eigenvalue weighted by molar-refractivity contribution is 5.55. The second-order valence-corrected chi connectivity index (χ2v) is 7.53. The monoisotopic (exact) mass is 453 g/mol. The van der Waals surface area contributed by atoms with Gasteiger partial charge in [0.15, 0.2) is 0 Å². The van der Waals surface area contributed by atoms with E-state index in [1.807, 2.05) is 31.2 Å². The largest absolute Gasteiger partial charge is 0.416 e. The fourth-order valence-corrected chi connectivity index (χ4v) is 3.31. The van der Waals surface area contributed by atoms with Gasteiger partial charge >= 0.3 is 6.18 Å². The van der Waals surface area contributed by atoms with Crippen LogP contribution in [0, 0.1) is 6.92 Å². The highest BCUT2D eigenvalue weighted by atomic mass is 19.4. The number of benzene rings is 3. The van der Waals surface area contributed by atoms with E-state index in [0.29, 0.717) is 17.1 Å². The zero-order valence-electron chi connectivity index (χ0n) is 18.0. The van der Waals surface area contributed by atoms with Crippen LogP contribution in [0.15, 0.2) is 87.2 Å². The van der Waals surface area contributed by atoms with E-state index < -0.39 is 11.7 Å². The molecule has 0 amide bonds. The van der Waals surface area contributed by atoms with Gasteiger partial charge in [-0.3, -0.25) is 0 Å². The molecule has 4 rings (SSSR count). The van der Waals surface area contributed by atoms with E-state index in [1.54, 1.807) is 18.2 Å². The Balaban J connectivity index is 1.40. The molecule has 170 valence electrons. The van der Waals surface area contributed by atoms with Gasteiger partial charge in [-0.1, -0.05) is 0 Å². The topological polar surface area (TPSA) is 61.9 Å². The average Bonchev–Trinajstić information content (AvgIpc) is 2.83. The zero-order valence-corrected chi connectivity index (χ0v) is 18.0. The van der Waals surface area contributed by atoms with Crippen LogP contribution in [0.5, 0.6) is 0 Å². The van der Waals surface area contributed by atoms with Crippen LogP contribution in [-0.4, -0.2) is 26.3 Å². The smallest absolute Gasteiger partial charge is 0.378 e. The van der Waals surface area contributed by atoms with Gasteiger partial charge in [0, 0.05) is 18.8 Å². The van der Waals surface area contributed by atoms with Crippen LogP contribution in [0.4, 0.5) is 41.6 Å². The number of ether oxygens (including phenoxy) is 1. The lowest BCUT2D eigenvalue weighted by atomic mass is 10.2. The molecule has 0 spiro atoms. The lowest BCUT2D eigenvalue weighted by Gasteiger charge is -2.28. The summed E-state index contributed by atoms with van der Waals surface area (Å²) < 4.78 is 43.3. The molecule has 0 aliphatic carbocycles. The highest BCUT2D eigenvalue weighted by Gasteiger charge is 2.29. The summed E-state index contributed by atoms with van der Waals surface area (Å²) in [7, 11) is 0. The number of aryl methyl sites for hydroxylation is 1. The molecule has 1 saturated heterocycles. The van der Waals surface area contributed by atoms with E-state index in [0.717, 1.165) is 55.4 Å². The van der Waals surface area contributed by atoms with Crippen molar-refractivity contribution in [2.24, 2.45) is 20.5 Å². The first-order valence-corrected chi connectivity index (χ1v) is 10.4. The number of anilines is 1. The van der Waals surface area contributed by atoms with Gasteiger partial charge < -0.3 is 9.64 Å². The van der Waals surface area contributed by atoms with Crippen molar-refractivity contribution < 1.29 is 17.9 Å². The Labute approximate surface area is 189 Å². The third kappa shape index (κ3) is 6.01. The molecule has 1 fully saturated rings. The van der Waals surface area contributed by atoms with Crippen molar-refractivity contribution >= 4 is 28.4 Å². The molecule has 0 aromatic heterocycles. The van der Waals surface area contributed by atoms with E-state index in [-0.39, 0.29) is 0 Å². The Morgan fingerprint density at radius 1 is 0.727 bits per heavy atom. The highest BCUT2D eigenvalue weighted by Crippen LogP contribution is 2.31. The number of hydrogen-bond acceptors (Lipinski definition) is 6. The normalized spacial score (nSPS) is 15.0. The summed E-state index contributed by atoms with van der Waals surface area (Å²) in [5.41, 5.74) is 3.62. The molecule has 0 N–H and O–H groups in total. The van der Waals surface area contributed by atoms with Crippen LogP contribution >= 0.6 is 0 Å². The van der Waals surface area contributed by atoms with Crippen LogP contribution in [0.3, 0.4) is 0 Å². The SMILES string of the molecule is Cc1cc(N=Nc2ccc(C(F)(F)F)cc2)ccc1N=Nc1ccc(N2CCOCC2)cc1. The number of halogens is 3. The minimum Gasteiger partial charge on any atom is -0.378 e. The molecule has 0 saturated carbocycles. The summed E-state index contributed by atoms with van der Waals surface area (Å²) in [5, 5.41) is 16.7. The number of hydrogen-bond donors (Lipinski definition) is 0. The first kappa shape index (κ1) is 22.6. The van der Waals surface area contributed by atoms with Gasteiger partial charge in [-0.25, -0.2) is 0 Å². The Bertz CT molecular complexity index is 1140. The molecule has 1 heterocycles. The second-order valence-electron chi connectivity index (χ2n) is 7.53. The van der Waals surface area contributed by atoms with Crippen molar-refractivity contribution in [3.63, 3.8) is 0 Å². The molecular weight excluding hydrogens is 431 g/mol. The summed E-state index contributed by atoms with van der Waals surface area (Å²) >= 11 is 0. The van der Waals surface area contributed by atoms with Crippen LogP contribution in [0.2, 0.25) is 0 Å². The molecule has 6 nitrogen and oxygen atoms in total. The molecule has 33 heavy (non-hydrogen) atoms. The molecule has 0 bridgehead atoms. The Kier molecular flexibility index (Phi) is 6.79. The van der Waals surface area contributed by atoms with Crippen molar-refractivity contribution in [1.29, 1.82) is 0 Å². The molecule has 0 atom stereocenters. The van der Waals surface area contributed by atoms with Crippen LogP contribution < -0.4 is 4.90 Å². The molecule has 0 radical (unpaired) electrons. The standard InChI is InChI=1S/C24H22F3N5O/c1-17-16-21(30-28-19-4-2-18(3-5-19)24(25,26)27)8-11-23(17)31-29-20-6-9-22(10-7-20)32-12-14-33-15-13-32/h2-11,16H,12-15H2,1H3. The Morgan fingerprint density at radius 3 is 1.88 bits per heavy atom. The van der Waals surface area contributed by atoms with Gasteiger partial charge in [0.1, 0.15) is 0 Å². The molecule has 0 unspecified atom stereocenters. The van der Waals surface area contributed by atoms with E-state index in [1.165, 1.54) is 12.1 Å². The maximum Gasteiger partial charge on any atom is 0.416 e. The minimum absolute atomic E-state index is 0.338. The van der Waals surface area contributed by atoms with Gasteiger partial charge in [0.05, 0.1) is 41.5 Å². The van der Waals surface area contributed by atoms with Gasteiger partial charge in [-0.2, -0.15) is 33.6 Å². The molecule has 9 heteroatoms. The summed E-state index contributed by atoms with van der Waals surface area (Å²) in [5.74, 6) is 0. The molecule has 3 aromatic rings. The van der Waals surface area contributed by atoms with Crippen molar-refractivity contribution in [1.82, 2.24) is 0 Å². The molecule has 1 aliphatic heterocycles. The molecule has 1 aliphatic rings. The summed E-state index contributed by atoms with van der Waals surface area (Å²) in [6.45, 7) is 5.11. The first-order valence-electron chi connectivity index (χ1n) is 10.4. The number of nitrogens with zero attached hydrogens (tertiary/aromatic N) is 5. The minimum atomic E-state index is -4.37. The lowest BCUT2D eigenvalue weighted by Crippen LogP contribution is -2.36. The van der Waals surface area contributed by atoms with Gasteiger partial charge in [-0.15, -0.1) is 0 Å². The quantitative estimate of drug-likeness (QED) is 0.372. The van der Waals surface area contributed by atoms with Gasteiger partial charge in [0.25, 0.3) is 0 Å². The number of azo groups is 2. The summed E-state index contributed by atoms with van der Waals surface area (Å²) in [6.07, 6.45) is -4.37. The van der Waals surface area contributed by atoms with Crippen molar-refractivity contribution in [3.8, 4) is 0 Å². The first-order chi connectivity index (χ1) is 15.9. The number of alkyl halides is 3. The van der Waals surface area contributed by atoms with Crippen molar-refractivity contribution in [3.05, 3.63) is 77.9 Å². The summed E-state index contributed by atoms with van der Waals surface area (Å²) in [4.78, 5) is 2.27. The summed E-state index contributed by atoms with van der Waals surface area (Å²) in [6, 6.07) is 17.7. The average molecular weight is 453 g/mol. The fourth-order valence-electron chi connectivity index (χ4n) is 3.31.